The third kappa shape index (κ3) is 4.28. The molecule has 2 heterocycles. The molecule has 0 saturated carbocycles. The van der Waals surface area contributed by atoms with Gasteiger partial charge in [0, 0.05) is 23.1 Å². The van der Waals surface area contributed by atoms with Crippen molar-refractivity contribution in [2.24, 2.45) is 5.92 Å². The van der Waals surface area contributed by atoms with Crippen molar-refractivity contribution in [3.63, 3.8) is 0 Å². The molecule has 7 nitrogen and oxygen atoms in total. The number of benzene rings is 3. The summed E-state index contributed by atoms with van der Waals surface area (Å²) in [6.45, 7) is 4.21. The van der Waals surface area contributed by atoms with E-state index in [4.69, 9.17) is 9.72 Å². The summed E-state index contributed by atoms with van der Waals surface area (Å²) in [6.07, 6.45) is 1.83. The number of rotatable bonds is 6. The third-order valence-corrected chi connectivity index (χ3v) is 6.03. The predicted octanol–water partition coefficient (Wildman–Crippen LogP) is 6.70. The first-order chi connectivity index (χ1) is 17.1. The van der Waals surface area contributed by atoms with Crippen molar-refractivity contribution in [2.45, 2.75) is 19.9 Å². The van der Waals surface area contributed by atoms with Crippen LogP contribution >= 0.6 is 0 Å². The number of ether oxygens (including phenoxy) is 1. The first-order valence-corrected chi connectivity index (χ1v) is 11.6. The highest BCUT2D eigenvalue weighted by Crippen LogP contribution is 2.45. The molecule has 0 radical (unpaired) electrons. The molecule has 1 aliphatic rings. The van der Waals surface area contributed by atoms with Crippen LogP contribution in [0, 0.1) is 5.92 Å². The van der Waals surface area contributed by atoms with E-state index in [1.165, 1.54) is 0 Å². The first-order valence-electron chi connectivity index (χ1n) is 11.6. The van der Waals surface area contributed by atoms with E-state index >= 15 is 0 Å². The van der Waals surface area contributed by atoms with E-state index in [0.717, 1.165) is 28.4 Å². The van der Waals surface area contributed by atoms with Crippen LogP contribution in [0.15, 0.2) is 91.1 Å². The standard InChI is InChI=1S/C28H27N5O2/c1-19(2)25-24-18-29-27(30-20-10-6-4-7-11-20)31-26(24)33(21-12-8-5-9-13-21)28(34)32(25)22-14-16-23(35-3)17-15-22/h4-19,25H,1-3H3,(H,29,30,31). The number of nitrogens with zero attached hydrogens (tertiary/aromatic N) is 4. The van der Waals surface area contributed by atoms with Crippen LogP contribution in [0.25, 0.3) is 0 Å². The number of hydrogen-bond donors (Lipinski definition) is 1. The number of hydrogen-bond acceptors (Lipinski definition) is 5. The number of amides is 2. The second kappa shape index (κ2) is 9.46. The van der Waals surface area contributed by atoms with Gasteiger partial charge in [-0.05, 0) is 54.4 Å². The van der Waals surface area contributed by atoms with E-state index in [1.807, 2.05) is 96.0 Å². The van der Waals surface area contributed by atoms with Crippen LogP contribution in [-0.2, 0) is 0 Å². The largest absolute Gasteiger partial charge is 0.497 e. The van der Waals surface area contributed by atoms with Crippen molar-refractivity contribution in [3.8, 4) is 5.75 Å². The third-order valence-electron chi connectivity index (χ3n) is 6.03. The second-order valence-corrected chi connectivity index (χ2v) is 8.67. The Morgan fingerprint density at radius 2 is 1.54 bits per heavy atom. The number of methoxy groups -OCH3 is 1. The number of anilines is 5. The number of para-hydroxylation sites is 2. The Balaban J connectivity index is 1.66. The molecule has 7 heteroatoms. The molecule has 1 N–H and O–H groups in total. The summed E-state index contributed by atoms with van der Waals surface area (Å²) in [5.74, 6) is 1.87. The number of carbonyl (C=O) groups is 1. The predicted molar refractivity (Wildman–Crippen MR) is 139 cm³/mol. The maximum atomic E-state index is 14.2. The fourth-order valence-electron chi connectivity index (χ4n) is 4.42. The van der Waals surface area contributed by atoms with Crippen LogP contribution in [-0.4, -0.2) is 23.1 Å². The summed E-state index contributed by atoms with van der Waals surface area (Å²) < 4.78 is 5.33. The maximum Gasteiger partial charge on any atom is 0.335 e. The van der Waals surface area contributed by atoms with Crippen molar-refractivity contribution in [1.29, 1.82) is 0 Å². The highest BCUT2D eigenvalue weighted by molar-refractivity contribution is 6.11. The molecule has 0 spiro atoms. The van der Waals surface area contributed by atoms with Gasteiger partial charge in [0.05, 0.1) is 18.8 Å². The Morgan fingerprint density at radius 3 is 2.17 bits per heavy atom. The summed E-state index contributed by atoms with van der Waals surface area (Å²) >= 11 is 0. The molecule has 0 saturated heterocycles. The maximum absolute atomic E-state index is 14.2. The lowest BCUT2D eigenvalue weighted by Crippen LogP contribution is -2.49. The van der Waals surface area contributed by atoms with Gasteiger partial charge in [0.25, 0.3) is 0 Å². The Kier molecular flexibility index (Phi) is 6.06. The summed E-state index contributed by atoms with van der Waals surface area (Å²) in [4.78, 5) is 27.1. The Labute approximate surface area is 205 Å². The van der Waals surface area contributed by atoms with Gasteiger partial charge in [0.15, 0.2) is 5.82 Å². The average Bonchev–Trinajstić information content (AvgIpc) is 2.89. The minimum atomic E-state index is -0.239. The van der Waals surface area contributed by atoms with E-state index in [0.29, 0.717) is 11.8 Å². The van der Waals surface area contributed by atoms with Gasteiger partial charge in [-0.25, -0.2) is 14.7 Å². The summed E-state index contributed by atoms with van der Waals surface area (Å²) in [7, 11) is 1.63. The van der Waals surface area contributed by atoms with Crippen LogP contribution in [0.2, 0.25) is 0 Å². The average molecular weight is 466 g/mol. The molecule has 0 aliphatic carbocycles. The van der Waals surface area contributed by atoms with Crippen molar-refractivity contribution in [2.75, 3.05) is 22.2 Å². The van der Waals surface area contributed by atoms with Gasteiger partial charge in [-0.3, -0.25) is 4.90 Å². The van der Waals surface area contributed by atoms with Crippen LogP contribution < -0.4 is 19.9 Å². The van der Waals surface area contributed by atoms with Gasteiger partial charge in [-0.2, -0.15) is 4.98 Å². The van der Waals surface area contributed by atoms with E-state index in [2.05, 4.69) is 24.1 Å². The van der Waals surface area contributed by atoms with Gasteiger partial charge in [-0.15, -0.1) is 0 Å². The van der Waals surface area contributed by atoms with Crippen molar-refractivity contribution in [1.82, 2.24) is 9.97 Å². The SMILES string of the molecule is COc1ccc(N2C(=O)N(c3ccccc3)c3nc(Nc4ccccc4)ncc3C2C(C)C)cc1. The monoisotopic (exact) mass is 465 g/mol. The van der Waals surface area contributed by atoms with Crippen molar-refractivity contribution >= 4 is 34.9 Å². The van der Waals surface area contributed by atoms with Crippen LogP contribution in [0.3, 0.4) is 0 Å². The Bertz CT molecular complexity index is 1310. The lowest BCUT2D eigenvalue weighted by atomic mass is 9.93. The number of carbonyl (C=O) groups excluding carboxylic acids is 1. The molecule has 35 heavy (non-hydrogen) atoms. The van der Waals surface area contributed by atoms with Gasteiger partial charge in [-0.1, -0.05) is 50.2 Å². The van der Waals surface area contributed by atoms with E-state index in [-0.39, 0.29) is 18.0 Å². The molecule has 176 valence electrons. The van der Waals surface area contributed by atoms with E-state index in [9.17, 15) is 4.79 Å². The minimum absolute atomic E-state index is 0.120. The summed E-state index contributed by atoms with van der Waals surface area (Å²) in [5.41, 5.74) is 3.29. The fraction of sp³-hybridized carbons (Fsp3) is 0.179. The smallest absolute Gasteiger partial charge is 0.335 e. The number of fused-ring (bicyclic) bond motifs is 1. The molecule has 0 fully saturated rings. The molecule has 0 bridgehead atoms. The van der Waals surface area contributed by atoms with Crippen molar-refractivity contribution < 1.29 is 9.53 Å². The van der Waals surface area contributed by atoms with E-state index < -0.39 is 0 Å². The zero-order chi connectivity index (χ0) is 24.4. The molecule has 3 aromatic carbocycles. The molecule has 1 atom stereocenters. The lowest BCUT2D eigenvalue weighted by Gasteiger charge is -2.43. The lowest BCUT2D eigenvalue weighted by molar-refractivity contribution is 0.247. The van der Waals surface area contributed by atoms with Crippen LogP contribution in [0.1, 0.15) is 25.5 Å². The number of aromatic nitrogens is 2. The molecule has 1 aromatic heterocycles. The highest BCUT2D eigenvalue weighted by atomic mass is 16.5. The Morgan fingerprint density at radius 1 is 0.886 bits per heavy atom. The number of nitrogens with one attached hydrogen (secondary N) is 1. The topological polar surface area (TPSA) is 70.6 Å². The molecule has 4 aromatic rings. The van der Waals surface area contributed by atoms with Crippen molar-refractivity contribution in [3.05, 3.63) is 96.7 Å². The molecule has 2 amide bonds. The minimum Gasteiger partial charge on any atom is -0.497 e. The van der Waals surface area contributed by atoms with Gasteiger partial charge in [0.2, 0.25) is 5.95 Å². The zero-order valence-corrected chi connectivity index (χ0v) is 19.9. The molecule has 1 aliphatic heterocycles. The molecular weight excluding hydrogens is 438 g/mol. The van der Waals surface area contributed by atoms with Crippen LogP contribution in [0.5, 0.6) is 5.75 Å². The second-order valence-electron chi connectivity index (χ2n) is 8.67. The van der Waals surface area contributed by atoms with Gasteiger partial charge in [0.1, 0.15) is 5.75 Å². The zero-order valence-electron chi connectivity index (χ0n) is 19.9. The summed E-state index contributed by atoms with van der Waals surface area (Å²) in [5, 5.41) is 3.25. The normalized spacial score (nSPS) is 15.2. The first kappa shape index (κ1) is 22.4. The number of urea groups is 1. The summed E-state index contributed by atoms with van der Waals surface area (Å²) in [6, 6.07) is 26.5. The Hall–Kier alpha value is -4.39. The highest BCUT2D eigenvalue weighted by Gasteiger charge is 2.42. The quantitative estimate of drug-likeness (QED) is 0.343. The molecular formula is C28H27N5O2. The van der Waals surface area contributed by atoms with E-state index in [1.54, 1.807) is 12.0 Å². The van der Waals surface area contributed by atoms with Gasteiger partial charge >= 0.3 is 6.03 Å². The molecule has 5 rings (SSSR count). The molecule has 1 unspecified atom stereocenters. The van der Waals surface area contributed by atoms with Gasteiger partial charge < -0.3 is 10.1 Å². The fourth-order valence-corrected chi connectivity index (χ4v) is 4.42. The van der Waals surface area contributed by atoms with Crippen LogP contribution in [0.4, 0.5) is 33.6 Å².